The molecule has 0 fully saturated rings. The van der Waals surface area contributed by atoms with E-state index < -0.39 is 0 Å². The van der Waals surface area contributed by atoms with Crippen molar-refractivity contribution in [1.29, 1.82) is 0 Å². The standard InChI is InChI=1S/C25H38O2/c1-16(2)9-8-12-24(4,5)18-14-21(26)23-19-13-17(3)10-11-20(19)25(6,7)27-22(23)15-18/h10,14-16,19-20,26H,8-9,11-13H2,1-7H3/t19?,20-/m1/s1. The van der Waals surface area contributed by atoms with Crippen LogP contribution in [0.25, 0.3) is 0 Å². The molecule has 2 heteroatoms. The van der Waals surface area contributed by atoms with Crippen LogP contribution in [0.15, 0.2) is 23.8 Å². The molecule has 1 heterocycles. The monoisotopic (exact) mass is 370 g/mol. The first-order valence-corrected chi connectivity index (χ1v) is 10.7. The highest BCUT2D eigenvalue weighted by Crippen LogP contribution is 2.54. The SMILES string of the molecule is CC1=CC[C@@H]2C(C1)c1c(O)cc(C(C)(C)CCCC(C)C)cc1OC2(C)C. The number of benzene rings is 1. The van der Waals surface area contributed by atoms with Crippen molar-refractivity contribution in [1.82, 2.24) is 0 Å². The lowest BCUT2D eigenvalue weighted by atomic mass is 9.66. The summed E-state index contributed by atoms with van der Waals surface area (Å²) in [7, 11) is 0. The van der Waals surface area contributed by atoms with Crippen molar-refractivity contribution in [2.24, 2.45) is 11.8 Å². The Morgan fingerprint density at radius 1 is 1.26 bits per heavy atom. The summed E-state index contributed by atoms with van der Waals surface area (Å²) < 4.78 is 6.49. The summed E-state index contributed by atoms with van der Waals surface area (Å²) in [6.07, 6.45) is 7.99. The smallest absolute Gasteiger partial charge is 0.127 e. The second-order valence-electron chi connectivity index (χ2n) is 10.5. The third-order valence-corrected chi connectivity index (χ3v) is 6.87. The van der Waals surface area contributed by atoms with Crippen LogP contribution < -0.4 is 4.74 Å². The van der Waals surface area contributed by atoms with Gasteiger partial charge in [-0.05, 0) is 69.1 Å². The van der Waals surface area contributed by atoms with Gasteiger partial charge in [0.25, 0.3) is 0 Å². The number of phenols is 1. The summed E-state index contributed by atoms with van der Waals surface area (Å²) in [6, 6.07) is 4.23. The molecule has 150 valence electrons. The van der Waals surface area contributed by atoms with Gasteiger partial charge in [0.2, 0.25) is 0 Å². The average Bonchev–Trinajstić information content (AvgIpc) is 2.52. The molecule has 1 unspecified atom stereocenters. The van der Waals surface area contributed by atoms with Gasteiger partial charge in [0.05, 0.1) is 0 Å². The fraction of sp³-hybridized carbons (Fsp3) is 0.680. The molecule has 1 N–H and O–H groups in total. The predicted molar refractivity (Wildman–Crippen MR) is 114 cm³/mol. The van der Waals surface area contributed by atoms with Crippen LogP contribution in [0.4, 0.5) is 0 Å². The molecule has 0 saturated heterocycles. The Morgan fingerprint density at radius 3 is 2.63 bits per heavy atom. The van der Waals surface area contributed by atoms with E-state index in [1.54, 1.807) is 0 Å². The van der Waals surface area contributed by atoms with Crippen LogP contribution in [0.1, 0.15) is 97.6 Å². The third-order valence-electron chi connectivity index (χ3n) is 6.87. The van der Waals surface area contributed by atoms with E-state index in [-0.39, 0.29) is 11.0 Å². The quantitative estimate of drug-likeness (QED) is 0.560. The van der Waals surface area contributed by atoms with Crippen LogP contribution in [0.5, 0.6) is 11.5 Å². The van der Waals surface area contributed by atoms with Crippen molar-refractivity contribution < 1.29 is 9.84 Å². The van der Waals surface area contributed by atoms with Crippen LogP contribution in [0, 0.1) is 11.8 Å². The van der Waals surface area contributed by atoms with Gasteiger partial charge < -0.3 is 9.84 Å². The maximum atomic E-state index is 11.0. The number of hydrogen-bond donors (Lipinski definition) is 1. The largest absolute Gasteiger partial charge is 0.508 e. The summed E-state index contributed by atoms with van der Waals surface area (Å²) in [5.41, 5.74) is 3.49. The molecule has 1 aliphatic carbocycles. The fourth-order valence-corrected chi connectivity index (χ4v) is 5.05. The topological polar surface area (TPSA) is 29.5 Å². The molecule has 2 aliphatic rings. The first-order chi connectivity index (χ1) is 12.5. The minimum Gasteiger partial charge on any atom is -0.508 e. The molecule has 0 amide bonds. The summed E-state index contributed by atoms with van der Waals surface area (Å²) >= 11 is 0. The van der Waals surface area contributed by atoms with Gasteiger partial charge in [0.15, 0.2) is 0 Å². The van der Waals surface area contributed by atoms with Crippen molar-refractivity contribution in [3.05, 3.63) is 34.9 Å². The Hall–Kier alpha value is -1.44. The molecule has 27 heavy (non-hydrogen) atoms. The summed E-state index contributed by atoms with van der Waals surface area (Å²) in [5.74, 6) is 2.85. The Bertz CT molecular complexity index is 724. The van der Waals surface area contributed by atoms with Gasteiger partial charge in [-0.15, -0.1) is 0 Å². The number of aromatic hydroxyl groups is 1. The highest BCUT2D eigenvalue weighted by molar-refractivity contribution is 5.54. The average molecular weight is 371 g/mol. The molecule has 0 bridgehead atoms. The molecule has 0 radical (unpaired) electrons. The molecule has 3 rings (SSSR count). The molecule has 0 saturated carbocycles. The lowest BCUT2D eigenvalue weighted by Crippen LogP contribution is -2.45. The van der Waals surface area contributed by atoms with Gasteiger partial charge in [0, 0.05) is 17.4 Å². The molecule has 1 aromatic rings. The van der Waals surface area contributed by atoms with Crippen LogP contribution in [-0.2, 0) is 5.41 Å². The lowest BCUT2D eigenvalue weighted by Gasteiger charge is -2.47. The predicted octanol–water partition coefficient (Wildman–Crippen LogP) is 7.11. The van der Waals surface area contributed by atoms with Crippen molar-refractivity contribution >= 4 is 0 Å². The van der Waals surface area contributed by atoms with Gasteiger partial charge in [-0.1, -0.05) is 52.2 Å². The molecule has 0 spiro atoms. The van der Waals surface area contributed by atoms with Crippen molar-refractivity contribution in [2.45, 2.75) is 97.5 Å². The molecule has 1 aromatic carbocycles. The number of phenolic OH excluding ortho intramolecular Hbond substituents is 1. The summed E-state index contributed by atoms with van der Waals surface area (Å²) in [4.78, 5) is 0. The van der Waals surface area contributed by atoms with Crippen molar-refractivity contribution in [3.8, 4) is 11.5 Å². The number of rotatable bonds is 5. The fourth-order valence-electron chi connectivity index (χ4n) is 5.05. The molecular weight excluding hydrogens is 332 g/mol. The van der Waals surface area contributed by atoms with E-state index >= 15 is 0 Å². The van der Waals surface area contributed by atoms with E-state index in [0.29, 0.717) is 17.6 Å². The lowest BCUT2D eigenvalue weighted by molar-refractivity contribution is 0.00741. The van der Waals surface area contributed by atoms with Gasteiger partial charge >= 0.3 is 0 Å². The van der Waals surface area contributed by atoms with Crippen LogP contribution in [0.2, 0.25) is 0 Å². The zero-order chi connectivity index (χ0) is 20.0. The van der Waals surface area contributed by atoms with E-state index in [1.165, 1.54) is 24.0 Å². The molecule has 2 atom stereocenters. The van der Waals surface area contributed by atoms with Crippen LogP contribution >= 0.6 is 0 Å². The second-order valence-corrected chi connectivity index (χ2v) is 10.5. The molecule has 2 nitrogen and oxygen atoms in total. The van der Waals surface area contributed by atoms with E-state index in [0.717, 1.165) is 36.5 Å². The van der Waals surface area contributed by atoms with Gasteiger partial charge in [0.1, 0.15) is 17.1 Å². The zero-order valence-electron chi connectivity index (χ0n) is 18.4. The first-order valence-electron chi connectivity index (χ1n) is 10.7. The van der Waals surface area contributed by atoms with Crippen molar-refractivity contribution in [3.63, 3.8) is 0 Å². The molecular formula is C25H38O2. The third kappa shape index (κ3) is 4.05. The highest BCUT2D eigenvalue weighted by Gasteiger charge is 2.46. The maximum absolute atomic E-state index is 11.0. The zero-order valence-corrected chi connectivity index (χ0v) is 18.4. The normalized spacial score (nSPS) is 24.1. The van der Waals surface area contributed by atoms with Crippen LogP contribution in [-0.4, -0.2) is 10.7 Å². The molecule has 0 aromatic heterocycles. The highest BCUT2D eigenvalue weighted by atomic mass is 16.5. The van der Waals surface area contributed by atoms with E-state index in [4.69, 9.17) is 4.74 Å². The van der Waals surface area contributed by atoms with Crippen molar-refractivity contribution in [2.75, 3.05) is 0 Å². The number of hydrogen-bond acceptors (Lipinski definition) is 2. The Balaban J connectivity index is 1.95. The van der Waals surface area contributed by atoms with E-state index in [2.05, 4.69) is 60.6 Å². The molecule has 1 aliphatic heterocycles. The summed E-state index contributed by atoms with van der Waals surface area (Å²) in [5, 5.41) is 11.0. The number of fused-ring (bicyclic) bond motifs is 3. The van der Waals surface area contributed by atoms with E-state index in [9.17, 15) is 5.11 Å². The maximum Gasteiger partial charge on any atom is 0.127 e. The Kier molecular flexibility index (Phi) is 5.40. The van der Waals surface area contributed by atoms with Crippen LogP contribution in [0.3, 0.4) is 0 Å². The summed E-state index contributed by atoms with van der Waals surface area (Å²) in [6.45, 7) is 15.8. The Labute approximate surface area is 166 Å². The van der Waals surface area contributed by atoms with Gasteiger partial charge in [-0.2, -0.15) is 0 Å². The first kappa shape index (κ1) is 20.3. The van der Waals surface area contributed by atoms with Gasteiger partial charge in [-0.25, -0.2) is 0 Å². The van der Waals surface area contributed by atoms with E-state index in [1.807, 2.05) is 6.07 Å². The number of allylic oxidation sites excluding steroid dienone is 2. The van der Waals surface area contributed by atoms with Gasteiger partial charge in [-0.3, -0.25) is 0 Å². The minimum absolute atomic E-state index is 0.0358. The number of ether oxygens (including phenoxy) is 1. The second kappa shape index (κ2) is 7.18. The Morgan fingerprint density at radius 2 is 1.96 bits per heavy atom. The minimum atomic E-state index is -0.207.